The van der Waals surface area contributed by atoms with Crippen LogP contribution in [0.25, 0.3) is 0 Å². The Hall–Kier alpha value is -2.25. The first kappa shape index (κ1) is 13.2. The van der Waals surface area contributed by atoms with E-state index in [4.69, 9.17) is 4.42 Å². The van der Waals surface area contributed by atoms with E-state index in [2.05, 4.69) is 11.4 Å². The van der Waals surface area contributed by atoms with Gasteiger partial charge in [-0.3, -0.25) is 0 Å². The van der Waals surface area contributed by atoms with E-state index in [0.29, 0.717) is 5.56 Å². The van der Waals surface area contributed by atoms with Crippen LogP contribution in [0.2, 0.25) is 0 Å². The van der Waals surface area contributed by atoms with Crippen LogP contribution in [0, 0.1) is 11.3 Å². The molecule has 4 heteroatoms. The third-order valence-corrected chi connectivity index (χ3v) is 2.97. The number of hydrogen-bond donors (Lipinski definition) is 1. The van der Waals surface area contributed by atoms with Crippen LogP contribution in [0.4, 0.5) is 5.69 Å². The van der Waals surface area contributed by atoms with Crippen LogP contribution in [0.5, 0.6) is 0 Å². The van der Waals surface area contributed by atoms with E-state index < -0.39 is 0 Å². The average Bonchev–Trinajstić information content (AvgIpc) is 2.91. The lowest BCUT2D eigenvalue weighted by molar-refractivity contribution is 0.563. The lowest BCUT2D eigenvalue weighted by atomic mass is 10.1. The second-order valence-corrected chi connectivity index (χ2v) is 4.48. The molecular weight excluding hydrogens is 238 g/mol. The molecule has 0 unspecified atom stereocenters. The molecule has 1 N–H and O–H groups in total. The summed E-state index contributed by atoms with van der Waals surface area (Å²) in [6.07, 6.45) is 3.38. The van der Waals surface area contributed by atoms with E-state index >= 15 is 0 Å². The Morgan fingerprint density at radius 3 is 2.79 bits per heavy atom. The lowest BCUT2D eigenvalue weighted by Gasteiger charge is -2.20. The standard InChI is InChI=1S/C15H17N3O/c1-17-9-12-3-4-15(14(7-12)8-16)18(2)10-13-5-6-19-11-13/h3-7,11,17H,9-10H2,1-2H3. The van der Waals surface area contributed by atoms with Gasteiger partial charge in [0.05, 0.1) is 23.8 Å². The maximum Gasteiger partial charge on any atom is 0.101 e. The molecule has 4 nitrogen and oxygen atoms in total. The molecule has 1 aromatic carbocycles. The second-order valence-electron chi connectivity index (χ2n) is 4.48. The predicted octanol–water partition coefficient (Wildman–Crippen LogP) is 2.51. The van der Waals surface area contributed by atoms with Gasteiger partial charge in [0, 0.05) is 25.7 Å². The van der Waals surface area contributed by atoms with Crippen LogP contribution < -0.4 is 10.2 Å². The highest BCUT2D eigenvalue weighted by atomic mass is 16.3. The number of nitrogens with one attached hydrogen (secondary N) is 1. The molecule has 2 rings (SSSR count). The quantitative estimate of drug-likeness (QED) is 0.892. The third-order valence-electron chi connectivity index (χ3n) is 2.97. The number of nitriles is 1. The van der Waals surface area contributed by atoms with Gasteiger partial charge < -0.3 is 14.6 Å². The number of benzene rings is 1. The van der Waals surface area contributed by atoms with E-state index in [1.165, 1.54) is 0 Å². The smallest absolute Gasteiger partial charge is 0.101 e. The minimum absolute atomic E-state index is 0.693. The summed E-state index contributed by atoms with van der Waals surface area (Å²) >= 11 is 0. The molecule has 0 aliphatic carbocycles. The highest BCUT2D eigenvalue weighted by molar-refractivity contribution is 5.60. The summed E-state index contributed by atoms with van der Waals surface area (Å²) in [6.45, 7) is 1.48. The minimum atomic E-state index is 0.693. The summed E-state index contributed by atoms with van der Waals surface area (Å²) in [5, 5.41) is 12.4. The first-order valence-corrected chi connectivity index (χ1v) is 6.14. The number of hydrogen-bond acceptors (Lipinski definition) is 4. The van der Waals surface area contributed by atoms with Crippen molar-refractivity contribution in [2.75, 3.05) is 19.0 Å². The van der Waals surface area contributed by atoms with Crippen molar-refractivity contribution >= 4 is 5.69 Å². The van der Waals surface area contributed by atoms with Crippen molar-refractivity contribution < 1.29 is 4.42 Å². The van der Waals surface area contributed by atoms with Gasteiger partial charge in [-0.05, 0) is 30.8 Å². The molecule has 2 aromatic rings. The minimum Gasteiger partial charge on any atom is -0.472 e. The number of anilines is 1. The normalized spacial score (nSPS) is 10.2. The second kappa shape index (κ2) is 6.07. The summed E-state index contributed by atoms with van der Waals surface area (Å²) in [5.41, 5.74) is 3.83. The summed E-state index contributed by atoms with van der Waals surface area (Å²) in [4.78, 5) is 2.05. The number of rotatable bonds is 5. The van der Waals surface area contributed by atoms with Crippen LogP contribution >= 0.6 is 0 Å². The van der Waals surface area contributed by atoms with Crippen molar-refractivity contribution in [3.05, 3.63) is 53.5 Å². The number of nitrogens with zero attached hydrogens (tertiary/aromatic N) is 2. The van der Waals surface area contributed by atoms with Gasteiger partial charge in [-0.1, -0.05) is 6.07 Å². The fourth-order valence-corrected chi connectivity index (χ4v) is 2.06. The van der Waals surface area contributed by atoms with Crippen LogP contribution in [-0.2, 0) is 13.1 Å². The van der Waals surface area contributed by atoms with Crippen LogP contribution in [0.1, 0.15) is 16.7 Å². The molecule has 0 saturated heterocycles. The van der Waals surface area contributed by atoms with Crippen molar-refractivity contribution in [3.63, 3.8) is 0 Å². The van der Waals surface area contributed by atoms with Crippen LogP contribution in [0.15, 0.2) is 41.2 Å². The van der Waals surface area contributed by atoms with Gasteiger partial charge in [0.25, 0.3) is 0 Å². The molecule has 0 amide bonds. The van der Waals surface area contributed by atoms with Crippen LogP contribution in [0.3, 0.4) is 0 Å². The SMILES string of the molecule is CNCc1ccc(N(C)Cc2ccoc2)c(C#N)c1. The Bertz CT molecular complexity index is 570. The molecule has 98 valence electrons. The Labute approximate surface area is 113 Å². The molecular formula is C15H17N3O. The van der Waals surface area contributed by atoms with Gasteiger partial charge >= 0.3 is 0 Å². The Morgan fingerprint density at radius 2 is 2.16 bits per heavy atom. The Balaban J connectivity index is 2.21. The summed E-state index contributed by atoms with van der Waals surface area (Å²) in [5.74, 6) is 0. The molecule has 0 bridgehead atoms. The monoisotopic (exact) mass is 255 g/mol. The summed E-state index contributed by atoms with van der Waals surface area (Å²) in [6, 6.07) is 10.2. The molecule has 19 heavy (non-hydrogen) atoms. The summed E-state index contributed by atoms with van der Waals surface area (Å²) in [7, 11) is 3.87. The van der Waals surface area contributed by atoms with Crippen molar-refractivity contribution in [2.45, 2.75) is 13.1 Å². The van der Waals surface area contributed by atoms with Crippen molar-refractivity contribution in [1.29, 1.82) is 5.26 Å². The average molecular weight is 255 g/mol. The molecule has 0 atom stereocenters. The van der Waals surface area contributed by atoms with E-state index in [0.717, 1.165) is 29.9 Å². The third kappa shape index (κ3) is 3.15. The Kier molecular flexibility index (Phi) is 4.22. The molecule has 0 spiro atoms. The zero-order valence-corrected chi connectivity index (χ0v) is 11.2. The highest BCUT2D eigenvalue weighted by Gasteiger charge is 2.09. The van der Waals surface area contributed by atoms with Gasteiger partial charge in [-0.15, -0.1) is 0 Å². The Morgan fingerprint density at radius 1 is 1.32 bits per heavy atom. The molecule has 0 fully saturated rings. The van der Waals surface area contributed by atoms with Crippen LogP contribution in [-0.4, -0.2) is 14.1 Å². The van der Waals surface area contributed by atoms with Crippen molar-refractivity contribution in [2.24, 2.45) is 0 Å². The first-order valence-electron chi connectivity index (χ1n) is 6.14. The van der Waals surface area contributed by atoms with Crippen molar-refractivity contribution in [3.8, 4) is 6.07 Å². The maximum absolute atomic E-state index is 9.27. The highest BCUT2D eigenvalue weighted by Crippen LogP contribution is 2.22. The van der Waals surface area contributed by atoms with Gasteiger partial charge in [-0.2, -0.15) is 5.26 Å². The predicted molar refractivity (Wildman–Crippen MR) is 74.7 cm³/mol. The largest absolute Gasteiger partial charge is 0.472 e. The molecule has 0 radical (unpaired) electrons. The van der Waals surface area contributed by atoms with Gasteiger partial charge in [0.1, 0.15) is 6.07 Å². The molecule has 0 saturated carbocycles. The number of furan rings is 1. The lowest BCUT2D eigenvalue weighted by Crippen LogP contribution is -2.17. The fourth-order valence-electron chi connectivity index (χ4n) is 2.06. The van der Waals surface area contributed by atoms with E-state index in [-0.39, 0.29) is 0 Å². The van der Waals surface area contributed by atoms with E-state index in [1.807, 2.05) is 43.3 Å². The molecule has 0 aliphatic rings. The van der Waals surface area contributed by atoms with Gasteiger partial charge in [-0.25, -0.2) is 0 Å². The fraction of sp³-hybridized carbons (Fsp3) is 0.267. The summed E-state index contributed by atoms with van der Waals surface area (Å²) < 4.78 is 5.06. The van der Waals surface area contributed by atoms with Gasteiger partial charge in [0.15, 0.2) is 0 Å². The zero-order chi connectivity index (χ0) is 13.7. The maximum atomic E-state index is 9.27. The topological polar surface area (TPSA) is 52.2 Å². The van der Waals surface area contributed by atoms with Gasteiger partial charge in [0.2, 0.25) is 0 Å². The molecule has 1 heterocycles. The zero-order valence-electron chi connectivity index (χ0n) is 11.2. The molecule has 1 aromatic heterocycles. The van der Waals surface area contributed by atoms with E-state index in [1.54, 1.807) is 12.5 Å². The first-order chi connectivity index (χ1) is 9.24. The molecule has 0 aliphatic heterocycles. The van der Waals surface area contributed by atoms with Crippen molar-refractivity contribution in [1.82, 2.24) is 5.32 Å². The van der Waals surface area contributed by atoms with E-state index in [9.17, 15) is 5.26 Å².